The van der Waals surface area contributed by atoms with Gasteiger partial charge < -0.3 is 9.64 Å². The average molecular weight is 279 g/mol. The van der Waals surface area contributed by atoms with Crippen LogP contribution in [0.2, 0.25) is 0 Å². The molecule has 0 aliphatic carbocycles. The standard InChI is InChI=1S/C18H17NO2/c1-19(2)12-15-17(20)14-10-6-7-11-16(14)21-18(15)13-8-4-3-5-9-13/h3-12,18H,1-2H3/b15-12+/t18-/m1/s1. The van der Waals surface area contributed by atoms with Gasteiger partial charge in [0.2, 0.25) is 0 Å². The molecular formula is C18H17NO2. The van der Waals surface area contributed by atoms with Crippen molar-refractivity contribution in [2.45, 2.75) is 6.10 Å². The van der Waals surface area contributed by atoms with E-state index < -0.39 is 0 Å². The highest BCUT2D eigenvalue weighted by Crippen LogP contribution is 2.38. The smallest absolute Gasteiger partial charge is 0.198 e. The molecule has 3 rings (SSSR count). The van der Waals surface area contributed by atoms with Gasteiger partial charge in [-0.05, 0) is 17.7 Å². The molecule has 1 heterocycles. The Kier molecular flexibility index (Phi) is 3.48. The minimum Gasteiger partial charge on any atom is -0.480 e. The molecule has 0 saturated heterocycles. The molecule has 0 unspecified atom stereocenters. The van der Waals surface area contributed by atoms with Crippen molar-refractivity contribution in [2.75, 3.05) is 14.1 Å². The topological polar surface area (TPSA) is 29.5 Å². The van der Waals surface area contributed by atoms with Crippen molar-refractivity contribution in [3.05, 3.63) is 77.5 Å². The molecule has 1 atom stereocenters. The normalized spacial score (nSPS) is 19.0. The Labute approximate surface area is 124 Å². The first-order valence-electron chi connectivity index (χ1n) is 6.90. The Morgan fingerprint density at radius 3 is 2.38 bits per heavy atom. The lowest BCUT2D eigenvalue weighted by atomic mass is 9.91. The van der Waals surface area contributed by atoms with Crippen LogP contribution in [-0.4, -0.2) is 24.8 Å². The molecule has 1 aliphatic heterocycles. The number of hydrogen-bond acceptors (Lipinski definition) is 3. The quantitative estimate of drug-likeness (QED) is 0.789. The van der Waals surface area contributed by atoms with Crippen LogP contribution < -0.4 is 4.74 Å². The zero-order chi connectivity index (χ0) is 14.8. The molecule has 0 saturated carbocycles. The van der Waals surface area contributed by atoms with Gasteiger partial charge >= 0.3 is 0 Å². The van der Waals surface area contributed by atoms with Crippen molar-refractivity contribution in [3.63, 3.8) is 0 Å². The van der Waals surface area contributed by atoms with Gasteiger partial charge in [0.05, 0.1) is 11.1 Å². The van der Waals surface area contributed by atoms with E-state index in [4.69, 9.17) is 4.74 Å². The summed E-state index contributed by atoms with van der Waals surface area (Å²) in [5.74, 6) is 0.673. The fourth-order valence-corrected chi connectivity index (χ4v) is 2.50. The van der Waals surface area contributed by atoms with E-state index in [0.29, 0.717) is 16.9 Å². The molecule has 3 nitrogen and oxygen atoms in total. The number of rotatable bonds is 2. The Bertz CT molecular complexity index is 689. The second-order valence-electron chi connectivity index (χ2n) is 5.28. The number of carbonyl (C=O) groups excluding carboxylic acids is 1. The van der Waals surface area contributed by atoms with E-state index in [1.807, 2.05) is 79.8 Å². The molecule has 0 aromatic heterocycles. The first kappa shape index (κ1) is 13.4. The van der Waals surface area contributed by atoms with E-state index >= 15 is 0 Å². The number of ether oxygens (including phenoxy) is 1. The van der Waals surface area contributed by atoms with Crippen molar-refractivity contribution in [1.82, 2.24) is 4.90 Å². The molecule has 21 heavy (non-hydrogen) atoms. The molecule has 0 amide bonds. The van der Waals surface area contributed by atoms with Gasteiger partial charge in [0.15, 0.2) is 11.9 Å². The van der Waals surface area contributed by atoms with Crippen molar-refractivity contribution in [3.8, 4) is 5.75 Å². The summed E-state index contributed by atoms with van der Waals surface area (Å²) in [5.41, 5.74) is 2.26. The number of fused-ring (bicyclic) bond motifs is 1. The zero-order valence-corrected chi connectivity index (χ0v) is 12.1. The Morgan fingerprint density at radius 1 is 1.00 bits per heavy atom. The highest BCUT2D eigenvalue weighted by Gasteiger charge is 2.32. The van der Waals surface area contributed by atoms with Crippen molar-refractivity contribution < 1.29 is 9.53 Å². The van der Waals surface area contributed by atoms with Gasteiger partial charge in [0.1, 0.15) is 5.75 Å². The van der Waals surface area contributed by atoms with E-state index in [2.05, 4.69) is 0 Å². The summed E-state index contributed by atoms with van der Waals surface area (Å²) < 4.78 is 6.09. The lowest BCUT2D eigenvalue weighted by Gasteiger charge is -2.28. The molecule has 2 aromatic carbocycles. The summed E-state index contributed by atoms with van der Waals surface area (Å²) >= 11 is 0. The number of ketones is 1. The number of para-hydroxylation sites is 1. The molecule has 2 aromatic rings. The highest BCUT2D eigenvalue weighted by molar-refractivity contribution is 6.12. The van der Waals surface area contributed by atoms with Gasteiger partial charge in [-0.1, -0.05) is 42.5 Å². The lowest BCUT2D eigenvalue weighted by molar-refractivity contribution is 0.0957. The molecular weight excluding hydrogens is 262 g/mol. The molecule has 0 bridgehead atoms. The third-order valence-electron chi connectivity index (χ3n) is 3.42. The third-order valence-corrected chi connectivity index (χ3v) is 3.42. The predicted octanol–water partition coefficient (Wildman–Crippen LogP) is 3.45. The van der Waals surface area contributed by atoms with Crippen molar-refractivity contribution in [1.29, 1.82) is 0 Å². The van der Waals surface area contributed by atoms with E-state index in [-0.39, 0.29) is 11.9 Å². The Hall–Kier alpha value is -2.55. The maximum Gasteiger partial charge on any atom is 0.198 e. The Morgan fingerprint density at radius 2 is 1.67 bits per heavy atom. The van der Waals surface area contributed by atoms with E-state index in [1.165, 1.54) is 0 Å². The van der Waals surface area contributed by atoms with Gasteiger partial charge in [0.25, 0.3) is 0 Å². The van der Waals surface area contributed by atoms with E-state index in [9.17, 15) is 4.79 Å². The fraction of sp³-hybridized carbons (Fsp3) is 0.167. The van der Waals surface area contributed by atoms with Crippen LogP contribution in [0.25, 0.3) is 0 Å². The SMILES string of the molecule is CN(C)/C=C1\C(=O)c2ccccc2O[C@@H]1c1ccccc1. The lowest BCUT2D eigenvalue weighted by Crippen LogP contribution is -2.25. The summed E-state index contributed by atoms with van der Waals surface area (Å²) in [5, 5.41) is 0. The molecule has 106 valence electrons. The van der Waals surface area contributed by atoms with Crippen LogP contribution in [-0.2, 0) is 0 Å². The summed E-state index contributed by atoms with van der Waals surface area (Å²) in [6.07, 6.45) is 1.48. The number of hydrogen-bond donors (Lipinski definition) is 0. The van der Waals surface area contributed by atoms with Gasteiger partial charge in [-0.15, -0.1) is 0 Å². The zero-order valence-electron chi connectivity index (χ0n) is 12.1. The fourth-order valence-electron chi connectivity index (χ4n) is 2.50. The van der Waals surface area contributed by atoms with Crippen molar-refractivity contribution >= 4 is 5.78 Å². The van der Waals surface area contributed by atoms with E-state index in [0.717, 1.165) is 5.56 Å². The summed E-state index contributed by atoms with van der Waals surface area (Å²) in [6.45, 7) is 0. The van der Waals surface area contributed by atoms with Gasteiger partial charge in [-0.3, -0.25) is 4.79 Å². The molecule has 1 aliphatic rings. The van der Waals surface area contributed by atoms with Crippen LogP contribution in [0, 0.1) is 0 Å². The van der Waals surface area contributed by atoms with E-state index in [1.54, 1.807) is 0 Å². The third kappa shape index (κ3) is 2.55. The van der Waals surface area contributed by atoms with Crippen LogP contribution >= 0.6 is 0 Å². The van der Waals surface area contributed by atoms with Crippen molar-refractivity contribution in [2.24, 2.45) is 0 Å². The maximum absolute atomic E-state index is 12.8. The van der Waals surface area contributed by atoms with Crippen LogP contribution in [0.3, 0.4) is 0 Å². The van der Waals surface area contributed by atoms with Crippen LogP contribution in [0.5, 0.6) is 5.75 Å². The Balaban J connectivity index is 2.12. The monoisotopic (exact) mass is 279 g/mol. The molecule has 3 heteroatoms. The number of nitrogens with zero attached hydrogens (tertiary/aromatic N) is 1. The summed E-state index contributed by atoms with van der Waals surface area (Å²) in [4.78, 5) is 14.6. The number of benzene rings is 2. The predicted molar refractivity (Wildman–Crippen MR) is 82.4 cm³/mol. The second-order valence-corrected chi connectivity index (χ2v) is 5.28. The minimum atomic E-state index is -0.365. The van der Waals surface area contributed by atoms with Crippen LogP contribution in [0.4, 0.5) is 0 Å². The van der Waals surface area contributed by atoms with Crippen LogP contribution in [0.15, 0.2) is 66.4 Å². The molecule has 0 fully saturated rings. The second kappa shape index (κ2) is 5.44. The average Bonchev–Trinajstić information content (AvgIpc) is 2.50. The van der Waals surface area contributed by atoms with Gasteiger partial charge in [0, 0.05) is 20.3 Å². The maximum atomic E-state index is 12.8. The molecule has 0 spiro atoms. The first-order valence-corrected chi connectivity index (χ1v) is 6.90. The van der Waals surface area contributed by atoms with Gasteiger partial charge in [-0.25, -0.2) is 0 Å². The van der Waals surface area contributed by atoms with Gasteiger partial charge in [-0.2, -0.15) is 0 Å². The number of Topliss-reactive ketones (excluding diaryl/α,β-unsaturated/α-hetero) is 1. The number of carbonyl (C=O) groups is 1. The minimum absolute atomic E-state index is 0.0272. The highest BCUT2D eigenvalue weighted by atomic mass is 16.5. The first-order chi connectivity index (χ1) is 10.2. The molecule has 0 radical (unpaired) electrons. The summed E-state index contributed by atoms with van der Waals surface area (Å²) in [6, 6.07) is 17.2. The molecule has 0 N–H and O–H groups in total. The largest absolute Gasteiger partial charge is 0.480 e. The summed E-state index contributed by atoms with van der Waals surface area (Å²) in [7, 11) is 3.81. The van der Waals surface area contributed by atoms with Crippen LogP contribution in [0.1, 0.15) is 22.0 Å².